The molecule has 1 aliphatic carbocycles. The number of hydrogen-bond acceptors (Lipinski definition) is 4. The average Bonchev–Trinajstić information content (AvgIpc) is 3.26. The summed E-state index contributed by atoms with van der Waals surface area (Å²) < 4.78 is 40.6. The highest BCUT2D eigenvalue weighted by molar-refractivity contribution is 6.08. The number of pyridine rings is 1. The summed E-state index contributed by atoms with van der Waals surface area (Å²) in [6.45, 7) is 2.03. The number of rotatable bonds is 3. The molecule has 0 aromatic carbocycles. The molecule has 1 atom stereocenters. The zero-order chi connectivity index (χ0) is 16.9. The van der Waals surface area contributed by atoms with Crippen LogP contribution in [0.15, 0.2) is 53.1 Å². The Bertz CT molecular complexity index is 732. The number of fused-ring (bicyclic) bond motifs is 1. The largest absolute Gasteiger partial charge is 0.406 e. The van der Waals surface area contributed by atoms with E-state index in [2.05, 4.69) is 9.98 Å². The molecular formula is C17H17F3N4. The van der Waals surface area contributed by atoms with Crippen LogP contribution in [-0.2, 0) is 0 Å². The van der Waals surface area contributed by atoms with Gasteiger partial charge in [0.1, 0.15) is 11.9 Å². The van der Waals surface area contributed by atoms with Crippen LogP contribution in [-0.4, -0.2) is 39.5 Å². The van der Waals surface area contributed by atoms with E-state index in [1.807, 2.05) is 25.1 Å². The standard InChI is InChI=1S/C17H17F3N4/c1-11-10-14(13-4-2-3-8-21-13)22-15-7-9-23(24(11)15)16(12-5-6-12)17(18,19)20/h2-4,7-8,10,12,16H,5-6,9H2,1H3. The Morgan fingerprint density at radius 1 is 1.25 bits per heavy atom. The number of aliphatic imine (C=N–C) groups is 1. The molecule has 7 heteroatoms. The quantitative estimate of drug-likeness (QED) is 0.848. The summed E-state index contributed by atoms with van der Waals surface area (Å²) in [5.41, 5.74) is 2.11. The Hall–Kier alpha value is -2.15. The van der Waals surface area contributed by atoms with Crippen molar-refractivity contribution in [3.05, 3.63) is 53.8 Å². The molecular weight excluding hydrogens is 317 g/mol. The maximum Gasteiger partial charge on any atom is 0.406 e. The predicted octanol–water partition coefficient (Wildman–Crippen LogP) is 3.50. The van der Waals surface area contributed by atoms with Crippen molar-refractivity contribution in [2.75, 3.05) is 6.54 Å². The zero-order valence-electron chi connectivity index (χ0n) is 13.2. The van der Waals surface area contributed by atoms with Crippen LogP contribution in [0.25, 0.3) is 0 Å². The summed E-state index contributed by atoms with van der Waals surface area (Å²) in [6, 6.07) is 4.08. The van der Waals surface area contributed by atoms with Gasteiger partial charge in [0.05, 0.1) is 11.4 Å². The van der Waals surface area contributed by atoms with Gasteiger partial charge in [-0.15, -0.1) is 0 Å². The molecule has 0 spiro atoms. The molecule has 1 saturated carbocycles. The maximum absolute atomic E-state index is 13.5. The fourth-order valence-corrected chi connectivity index (χ4v) is 3.34. The molecule has 0 N–H and O–H groups in total. The van der Waals surface area contributed by atoms with Crippen molar-refractivity contribution in [1.82, 2.24) is 15.0 Å². The van der Waals surface area contributed by atoms with E-state index < -0.39 is 12.2 Å². The maximum atomic E-state index is 13.5. The van der Waals surface area contributed by atoms with E-state index in [-0.39, 0.29) is 12.5 Å². The lowest BCUT2D eigenvalue weighted by atomic mass is 10.1. The Balaban J connectivity index is 1.65. The van der Waals surface area contributed by atoms with Crippen molar-refractivity contribution in [2.24, 2.45) is 10.9 Å². The van der Waals surface area contributed by atoms with Gasteiger partial charge in [-0.2, -0.15) is 18.2 Å². The van der Waals surface area contributed by atoms with E-state index in [1.54, 1.807) is 23.4 Å². The molecule has 2 aliphatic heterocycles. The second-order valence-electron chi connectivity index (χ2n) is 6.32. The molecule has 1 aromatic heterocycles. The molecule has 4 rings (SSSR count). The first-order valence-corrected chi connectivity index (χ1v) is 7.97. The summed E-state index contributed by atoms with van der Waals surface area (Å²) in [5.74, 6) is 0.234. The highest BCUT2D eigenvalue weighted by Gasteiger charge is 2.54. The summed E-state index contributed by atoms with van der Waals surface area (Å²) in [4.78, 5) is 8.78. The monoisotopic (exact) mass is 334 g/mol. The lowest BCUT2D eigenvalue weighted by Gasteiger charge is -2.39. The number of hydrogen-bond donors (Lipinski definition) is 0. The minimum atomic E-state index is -4.24. The Morgan fingerprint density at radius 2 is 2.04 bits per heavy atom. The van der Waals surface area contributed by atoms with Crippen LogP contribution in [0.1, 0.15) is 25.5 Å². The molecule has 3 heterocycles. The first-order chi connectivity index (χ1) is 11.4. The van der Waals surface area contributed by atoms with Crippen molar-refractivity contribution >= 4 is 5.71 Å². The van der Waals surface area contributed by atoms with E-state index in [9.17, 15) is 13.2 Å². The second-order valence-corrected chi connectivity index (χ2v) is 6.32. The van der Waals surface area contributed by atoms with E-state index in [4.69, 9.17) is 0 Å². The highest BCUT2D eigenvalue weighted by atomic mass is 19.4. The van der Waals surface area contributed by atoms with E-state index in [0.717, 1.165) is 5.70 Å². The third-order valence-corrected chi connectivity index (χ3v) is 4.50. The van der Waals surface area contributed by atoms with Crippen molar-refractivity contribution < 1.29 is 13.2 Å². The van der Waals surface area contributed by atoms with Gasteiger partial charge in [0.25, 0.3) is 0 Å². The van der Waals surface area contributed by atoms with E-state index in [0.29, 0.717) is 30.1 Å². The summed E-state index contributed by atoms with van der Waals surface area (Å²) in [7, 11) is 0. The average molecular weight is 334 g/mol. The number of hydrazine groups is 1. The van der Waals surface area contributed by atoms with Crippen LogP contribution < -0.4 is 0 Å². The summed E-state index contributed by atoms with van der Waals surface area (Å²) in [5, 5.41) is 3.00. The molecule has 0 radical (unpaired) electrons. The van der Waals surface area contributed by atoms with Gasteiger partial charge < -0.3 is 0 Å². The van der Waals surface area contributed by atoms with Crippen LogP contribution in [0.3, 0.4) is 0 Å². The SMILES string of the molecule is CC1=CC(c2ccccn2)=NC2=CCN(C(C3CC3)C(F)(F)F)N12. The fourth-order valence-electron chi connectivity index (χ4n) is 3.34. The Kier molecular flexibility index (Phi) is 3.49. The van der Waals surface area contributed by atoms with Gasteiger partial charge in [-0.25, -0.2) is 4.99 Å². The number of allylic oxidation sites excluding steroid dienone is 2. The molecule has 1 fully saturated rings. The van der Waals surface area contributed by atoms with Crippen molar-refractivity contribution in [3.63, 3.8) is 0 Å². The molecule has 1 unspecified atom stereocenters. The van der Waals surface area contributed by atoms with Crippen LogP contribution in [0.2, 0.25) is 0 Å². The van der Waals surface area contributed by atoms with Gasteiger partial charge in [-0.1, -0.05) is 6.07 Å². The lowest BCUT2D eigenvalue weighted by molar-refractivity contribution is -0.212. The first-order valence-electron chi connectivity index (χ1n) is 7.97. The molecule has 24 heavy (non-hydrogen) atoms. The van der Waals surface area contributed by atoms with Crippen molar-refractivity contribution in [3.8, 4) is 0 Å². The van der Waals surface area contributed by atoms with Crippen LogP contribution in [0.5, 0.6) is 0 Å². The smallest absolute Gasteiger partial charge is 0.261 e. The van der Waals surface area contributed by atoms with Gasteiger partial charge in [-0.05, 0) is 50.0 Å². The van der Waals surface area contributed by atoms with Crippen molar-refractivity contribution in [1.29, 1.82) is 0 Å². The molecule has 4 nitrogen and oxygen atoms in total. The highest BCUT2D eigenvalue weighted by Crippen LogP contribution is 2.46. The lowest BCUT2D eigenvalue weighted by Crippen LogP contribution is -2.52. The van der Waals surface area contributed by atoms with Crippen molar-refractivity contribution in [2.45, 2.75) is 32.0 Å². The molecule has 3 aliphatic rings. The molecule has 0 amide bonds. The minimum absolute atomic E-state index is 0.222. The molecule has 0 saturated heterocycles. The van der Waals surface area contributed by atoms with Crippen LogP contribution in [0.4, 0.5) is 13.2 Å². The first kappa shape index (κ1) is 15.4. The van der Waals surface area contributed by atoms with Gasteiger partial charge >= 0.3 is 6.18 Å². The van der Waals surface area contributed by atoms with Gasteiger partial charge in [-0.3, -0.25) is 9.99 Å². The Labute approximate surface area is 138 Å². The molecule has 0 bridgehead atoms. The number of aromatic nitrogens is 1. The fraction of sp³-hybridized carbons (Fsp3) is 0.412. The third-order valence-electron chi connectivity index (χ3n) is 4.50. The van der Waals surface area contributed by atoms with E-state index >= 15 is 0 Å². The van der Waals surface area contributed by atoms with Crippen LogP contribution >= 0.6 is 0 Å². The summed E-state index contributed by atoms with van der Waals surface area (Å²) >= 11 is 0. The Morgan fingerprint density at radius 3 is 2.67 bits per heavy atom. The topological polar surface area (TPSA) is 31.7 Å². The normalized spacial score (nSPS) is 22.7. The minimum Gasteiger partial charge on any atom is -0.261 e. The van der Waals surface area contributed by atoms with Gasteiger partial charge in [0.2, 0.25) is 0 Å². The van der Waals surface area contributed by atoms with E-state index in [1.165, 1.54) is 5.01 Å². The number of nitrogens with zero attached hydrogens (tertiary/aromatic N) is 4. The number of alkyl halides is 3. The summed E-state index contributed by atoms with van der Waals surface area (Å²) in [6.07, 6.45) is 2.24. The third kappa shape index (κ3) is 2.62. The van der Waals surface area contributed by atoms with Crippen LogP contribution in [0, 0.1) is 5.92 Å². The molecule has 1 aromatic rings. The molecule has 126 valence electrons. The van der Waals surface area contributed by atoms with Gasteiger partial charge in [0, 0.05) is 18.4 Å². The number of halogens is 3. The zero-order valence-corrected chi connectivity index (χ0v) is 13.2. The second kappa shape index (κ2) is 5.44. The van der Waals surface area contributed by atoms with Gasteiger partial charge in [0.15, 0.2) is 0 Å². The predicted molar refractivity (Wildman–Crippen MR) is 83.7 cm³/mol.